The number of urea groups is 1. The van der Waals surface area contributed by atoms with E-state index in [1.54, 1.807) is 17.4 Å². The zero-order chi connectivity index (χ0) is 23.1. The van der Waals surface area contributed by atoms with Crippen LogP contribution in [0.4, 0.5) is 10.5 Å². The van der Waals surface area contributed by atoms with Crippen LogP contribution < -0.4 is 16.0 Å². The Hall–Kier alpha value is -3.65. The van der Waals surface area contributed by atoms with E-state index in [0.717, 1.165) is 64.4 Å². The predicted molar refractivity (Wildman–Crippen MR) is 129 cm³/mol. The van der Waals surface area contributed by atoms with Gasteiger partial charge < -0.3 is 15.2 Å². The van der Waals surface area contributed by atoms with Crippen molar-refractivity contribution >= 4 is 40.9 Å². The molecule has 7 nitrogen and oxygen atoms in total. The van der Waals surface area contributed by atoms with Gasteiger partial charge in [-0.15, -0.1) is 11.3 Å². The number of carbonyl (C=O) groups excluding carboxylic acids is 3. The number of anilines is 1. The molecule has 5 rings (SSSR count). The van der Waals surface area contributed by atoms with Gasteiger partial charge in [0, 0.05) is 22.0 Å². The van der Waals surface area contributed by atoms with Crippen LogP contribution in [0.1, 0.15) is 50.6 Å². The molecule has 3 aromatic rings. The summed E-state index contributed by atoms with van der Waals surface area (Å²) in [4.78, 5) is 38.2. The molecule has 33 heavy (non-hydrogen) atoms. The number of aromatic nitrogens is 1. The third-order valence-electron chi connectivity index (χ3n) is 6.10. The van der Waals surface area contributed by atoms with E-state index < -0.39 is 11.9 Å². The van der Waals surface area contributed by atoms with Crippen molar-refractivity contribution in [2.45, 2.75) is 39.5 Å². The molecular weight excluding hydrogens is 436 g/mol. The number of para-hydroxylation sites is 1. The molecule has 1 aliphatic carbocycles. The Kier molecular flexibility index (Phi) is 5.38. The van der Waals surface area contributed by atoms with Crippen molar-refractivity contribution < 1.29 is 14.4 Å². The van der Waals surface area contributed by atoms with Crippen LogP contribution in [0, 0.1) is 13.8 Å². The second-order valence-corrected chi connectivity index (χ2v) is 9.42. The van der Waals surface area contributed by atoms with E-state index >= 15 is 0 Å². The van der Waals surface area contributed by atoms with Gasteiger partial charge in [-0.25, -0.2) is 4.79 Å². The molecule has 0 spiro atoms. The van der Waals surface area contributed by atoms with Crippen LogP contribution in [-0.4, -0.2) is 22.4 Å². The highest BCUT2D eigenvalue weighted by atomic mass is 32.1. The van der Waals surface area contributed by atoms with Crippen LogP contribution in [0.15, 0.2) is 42.1 Å². The van der Waals surface area contributed by atoms with Crippen molar-refractivity contribution in [2.24, 2.45) is 0 Å². The molecule has 0 radical (unpaired) electrons. The molecular formula is C25H24N4O3S. The van der Waals surface area contributed by atoms with Crippen molar-refractivity contribution in [3.8, 4) is 5.00 Å². The number of nitrogens with one attached hydrogen (secondary N) is 3. The van der Waals surface area contributed by atoms with Gasteiger partial charge in [0.15, 0.2) is 0 Å². The van der Waals surface area contributed by atoms with Gasteiger partial charge in [-0.2, -0.15) is 0 Å². The van der Waals surface area contributed by atoms with Crippen LogP contribution in [0.2, 0.25) is 0 Å². The summed E-state index contributed by atoms with van der Waals surface area (Å²) in [5, 5.41) is 8.72. The molecule has 3 heterocycles. The van der Waals surface area contributed by atoms with Crippen LogP contribution in [0.5, 0.6) is 0 Å². The maximum atomic E-state index is 13.5. The highest BCUT2D eigenvalue weighted by molar-refractivity contribution is 7.15. The van der Waals surface area contributed by atoms with E-state index in [-0.39, 0.29) is 11.6 Å². The number of hydrogen-bond donors (Lipinski definition) is 3. The second-order valence-electron chi connectivity index (χ2n) is 8.34. The number of aryl methyl sites for hydroxylation is 2. The number of fused-ring (bicyclic) bond motifs is 1. The van der Waals surface area contributed by atoms with Crippen LogP contribution in [0.3, 0.4) is 0 Å². The third kappa shape index (κ3) is 3.87. The molecule has 1 aliphatic heterocycles. The number of benzene rings is 1. The average molecular weight is 461 g/mol. The van der Waals surface area contributed by atoms with Gasteiger partial charge in [0.25, 0.3) is 11.8 Å². The maximum Gasteiger partial charge on any atom is 0.326 e. The minimum Gasteiger partial charge on any atom is -0.322 e. The molecule has 1 aromatic carbocycles. The van der Waals surface area contributed by atoms with Crippen LogP contribution in [0.25, 0.3) is 11.1 Å². The summed E-state index contributed by atoms with van der Waals surface area (Å²) in [5.74, 6) is -0.551. The molecule has 2 aromatic heterocycles. The van der Waals surface area contributed by atoms with Crippen LogP contribution in [-0.2, 0) is 17.6 Å². The van der Waals surface area contributed by atoms with Gasteiger partial charge in [0.05, 0.1) is 5.56 Å². The molecule has 4 amide bonds. The highest BCUT2D eigenvalue weighted by Gasteiger charge is 2.29. The summed E-state index contributed by atoms with van der Waals surface area (Å²) >= 11 is 1.67. The molecule has 1 fully saturated rings. The Labute approximate surface area is 195 Å². The minimum absolute atomic E-state index is 0.106. The average Bonchev–Trinajstić information content (AvgIpc) is 3.41. The van der Waals surface area contributed by atoms with E-state index in [9.17, 15) is 14.4 Å². The SMILES string of the molecule is Cc1cc(/C=C2/NC(=O)NC2=O)c(C)n1-c1sc2c(c1C(=O)Nc1ccccc1)CCCC2. The summed E-state index contributed by atoms with van der Waals surface area (Å²) in [6.07, 6.45) is 5.75. The molecule has 0 atom stereocenters. The number of thiophene rings is 1. The lowest BCUT2D eigenvalue weighted by atomic mass is 9.95. The summed E-state index contributed by atoms with van der Waals surface area (Å²) in [6.45, 7) is 3.95. The lowest BCUT2D eigenvalue weighted by Crippen LogP contribution is -2.22. The zero-order valence-corrected chi connectivity index (χ0v) is 19.3. The lowest BCUT2D eigenvalue weighted by Gasteiger charge is -2.14. The molecule has 8 heteroatoms. The number of hydrogen-bond acceptors (Lipinski definition) is 4. The zero-order valence-electron chi connectivity index (χ0n) is 18.5. The molecule has 0 bridgehead atoms. The summed E-state index contributed by atoms with van der Waals surface area (Å²) < 4.78 is 2.09. The summed E-state index contributed by atoms with van der Waals surface area (Å²) in [7, 11) is 0. The van der Waals surface area contributed by atoms with E-state index in [4.69, 9.17) is 0 Å². The van der Waals surface area contributed by atoms with Gasteiger partial charge in [0.1, 0.15) is 10.7 Å². The first-order valence-corrected chi connectivity index (χ1v) is 11.8. The van der Waals surface area contributed by atoms with Crippen molar-refractivity contribution in [1.29, 1.82) is 0 Å². The van der Waals surface area contributed by atoms with Crippen molar-refractivity contribution in [3.05, 3.63) is 75.1 Å². The summed E-state index contributed by atoms with van der Waals surface area (Å²) in [6, 6.07) is 10.9. The molecule has 168 valence electrons. The minimum atomic E-state index is -0.522. The molecule has 2 aliphatic rings. The van der Waals surface area contributed by atoms with E-state index in [1.165, 1.54) is 4.88 Å². The number of amides is 4. The molecule has 1 saturated heterocycles. The van der Waals surface area contributed by atoms with Crippen molar-refractivity contribution in [2.75, 3.05) is 5.32 Å². The Morgan fingerprint density at radius 3 is 2.58 bits per heavy atom. The monoisotopic (exact) mass is 460 g/mol. The Morgan fingerprint density at radius 1 is 1.09 bits per heavy atom. The van der Waals surface area contributed by atoms with Crippen molar-refractivity contribution in [1.82, 2.24) is 15.2 Å². The fourth-order valence-corrected chi connectivity index (χ4v) is 6.04. The number of nitrogens with zero attached hydrogens (tertiary/aromatic N) is 1. The molecule has 0 unspecified atom stereocenters. The number of imide groups is 1. The van der Waals surface area contributed by atoms with Gasteiger partial charge in [-0.3, -0.25) is 14.9 Å². The standard InChI is InChI=1S/C25H24N4O3S/c1-14-12-16(13-19-22(30)28-25(32)27-19)15(2)29(14)24-21(18-10-6-7-11-20(18)33-24)23(31)26-17-8-4-3-5-9-17/h3-5,8-9,12-13H,6-7,10-11H2,1-2H3,(H,26,31)(H2,27,28,30,32)/b19-13+. The second kappa shape index (κ2) is 8.37. The Bertz CT molecular complexity index is 1320. The number of rotatable bonds is 4. The molecule has 0 saturated carbocycles. The third-order valence-corrected chi connectivity index (χ3v) is 7.38. The van der Waals surface area contributed by atoms with Gasteiger partial charge in [-0.05, 0) is 74.9 Å². The first kappa shape index (κ1) is 21.2. The van der Waals surface area contributed by atoms with Crippen LogP contribution >= 0.6 is 11.3 Å². The van der Waals surface area contributed by atoms with Crippen molar-refractivity contribution in [3.63, 3.8) is 0 Å². The fourth-order valence-electron chi connectivity index (χ4n) is 4.54. The molecule has 3 N–H and O–H groups in total. The maximum absolute atomic E-state index is 13.5. The largest absolute Gasteiger partial charge is 0.326 e. The van der Waals surface area contributed by atoms with E-state index in [0.29, 0.717) is 0 Å². The van der Waals surface area contributed by atoms with E-state index in [1.807, 2.05) is 50.2 Å². The van der Waals surface area contributed by atoms with Gasteiger partial charge in [-0.1, -0.05) is 18.2 Å². The predicted octanol–water partition coefficient (Wildman–Crippen LogP) is 4.47. The highest BCUT2D eigenvalue weighted by Crippen LogP contribution is 2.39. The van der Waals surface area contributed by atoms with E-state index in [2.05, 4.69) is 20.5 Å². The Balaban J connectivity index is 1.60. The number of carbonyl (C=O) groups is 3. The summed E-state index contributed by atoms with van der Waals surface area (Å²) in [5.41, 5.74) is 5.53. The fraction of sp³-hybridized carbons (Fsp3) is 0.240. The van der Waals surface area contributed by atoms with Gasteiger partial charge >= 0.3 is 6.03 Å². The Morgan fingerprint density at radius 2 is 1.85 bits per heavy atom. The lowest BCUT2D eigenvalue weighted by molar-refractivity contribution is -0.115. The first-order valence-electron chi connectivity index (χ1n) is 11.0. The topological polar surface area (TPSA) is 92.2 Å². The quantitative estimate of drug-likeness (QED) is 0.396. The van der Waals surface area contributed by atoms with Gasteiger partial charge in [0.2, 0.25) is 0 Å². The smallest absolute Gasteiger partial charge is 0.322 e. The normalized spacial score (nSPS) is 16.5. The first-order chi connectivity index (χ1) is 15.9.